The van der Waals surface area contributed by atoms with Crippen LogP contribution in [0.3, 0.4) is 0 Å². The van der Waals surface area contributed by atoms with E-state index in [0.29, 0.717) is 6.10 Å². The van der Waals surface area contributed by atoms with E-state index in [9.17, 15) is 4.79 Å². The molecule has 1 aromatic heterocycles. The van der Waals surface area contributed by atoms with E-state index in [1.807, 2.05) is 24.3 Å². The van der Waals surface area contributed by atoms with Crippen molar-refractivity contribution in [2.45, 2.75) is 37.8 Å². The lowest BCUT2D eigenvalue weighted by atomic mass is 10.0. The van der Waals surface area contributed by atoms with Crippen LogP contribution < -0.4 is 5.32 Å². The molecule has 2 fully saturated rings. The summed E-state index contributed by atoms with van der Waals surface area (Å²) in [5.74, 6) is 0.0412. The summed E-state index contributed by atoms with van der Waals surface area (Å²) in [5.41, 5.74) is 3.11. The van der Waals surface area contributed by atoms with Gasteiger partial charge in [0.25, 0.3) is 5.91 Å². The van der Waals surface area contributed by atoms with Gasteiger partial charge >= 0.3 is 0 Å². The van der Waals surface area contributed by atoms with E-state index in [1.54, 1.807) is 11.3 Å². The maximum Gasteiger partial charge on any atom is 0.251 e. The van der Waals surface area contributed by atoms with Crippen molar-refractivity contribution in [3.8, 4) is 11.1 Å². The van der Waals surface area contributed by atoms with Gasteiger partial charge in [-0.3, -0.25) is 4.79 Å². The third kappa shape index (κ3) is 4.34. The Morgan fingerprint density at radius 2 is 1.92 bits per heavy atom. The van der Waals surface area contributed by atoms with Gasteiger partial charge in [-0.25, -0.2) is 0 Å². The lowest BCUT2D eigenvalue weighted by Crippen LogP contribution is -2.46. The summed E-state index contributed by atoms with van der Waals surface area (Å²) in [4.78, 5) is 15.0. The molecule has 138 valence electrons. The fraction of sp³-hybridized carbons (Fsp3) is 0.476. The van der Waals surface area contributed by atoms with Crippen molar-refractivity contribution in [2.75, 3.05) is 26.2 Å². The number of ether oxygens (including phenoxy) is 1. The van der Waals surface area contributed by atoms with Crippen LogP contribution in [0.4, 0.5) is 0 Å². The van der Waals surface area contributed by atoms with Crippen molar-refractivity contribution >= 4 is 17.2 Å². The van der Waals surface area contributed by atoms with E-state index in [2.05, 4.69) is 27.0 Å². The van der Waals surface area contributed by atoms with Crippen LogP contribution in [0.15, 0.2) is 41.1 Å². The molecule has 1 N–H and O–H groups in total. The van der Waals surface area contributed by atoms with E-state index < -0.39 is 0 Å². The van der Waals surface area contributed by atoms with Gasteiger partial charge in [0.1, 0.15) is 0 Å². The Balaban J connectivity index is 1.26. The Labute approximate surface area is 159 Å². The third-order valence-electron chi connectivity index (χ3n) is 5.41. The highest BCUT2D eigenvalue weighted by atomic mass is 32.1. The first kappa shape index (κ1) is 17.7. The maximum absolute atomic E-state index is 12.5. The van der Waals surface area contributed by atoms with Crippen LogP contribution >= 0.6 is 11.3 Å². The molecule has 4 rings (SSSR count). The molecule has 0 saturated carbocycles. The molecule has 3 heterocycles. The summed E-state index contributed by atoms with van der Waals surface area (Å²) in [7, 11) is 0. The van der Waals surface area contributed by atoms with Gasteiger partial charge in [-0.1, -0.05) is 12.1 Å². The van der Waals surface area contributed by atoms with Crippen LogP contribution in [0, 0.1) is 0 Å². The molecule has 26 heavy (non-hydrogen) atoms. The summed E-state index contributed by atoms with van der Waals surface area (Å²) in [5, 5.41) is 7.40. The highest BCUT2D eigenvalue weighted by Crippen LogP contribution is 2.22. The van der Waals surface area contributed by atoms with Crippen LogP contribution in [-0.4, -0.2) is 49.2 Å². The molecule has 1 atom stereocenters. The number of piperidine rings is 1. The van der Waals surface area contributed by atoms with Crippen molar-refractivity contribution < 1.29 is 9.53 Å². The molecule has 1 unspecified atom stereocenters. The number of hydrogen-bond donors (Lipinski definition) is 1. The van der Waals surface area contributed by atoms with Gasteiger partial charge in [0.2, 0.25) is 0 Å². The number of benzene rings is 1. The molecule has 0 radical (unpaired) electrons. The van der Waals surface area contributed by atoms with E-state index in [1.165, 1.54) is 18.4 Å². The number of nitrogens with one attached hydrogen (secondary N) is 1. The highest BCUT2D eigenvalue weighted by molar-refractivity contribution is 7.08. The van der Waals surface area contributed by atoms with E-state index in [4.69, 9.17) is 4.74 Å². The number of amides is 1. The van der Waals surface area contributed by atoms with Crippen molar-refractivity contribution in [1.82, 2.24) is 10.2 Å². The smallest absolute Gasteiger partial charge is 0.251 e. The second kappa shape index (κ2) is 8.33. The van der Waals surface area contributed by atoms with Crippen LogP contribution in [-0.2, 0) is 4.74 Å². The lowest BCUT2D eigenvalue weighted by molar-refractivity contribution is 0.0613. The maximum atomic E-state index is 12.5. The first-order valence-corrected chi connectivity index (χ1v) is 10.5. The van der Waals surface area contributed by atoms with Crippen LogP contribution in [0.1, 0.15) is 36.0 Å². The second-order valence-electron chi connectivity index (χ2n) is 7.27. The van der Waals surface area contributed by atoms with E-state index in [0.717, 1.165) is 50.2 Å². The molecule has 2 aromatic rings. The van der Waals surface area contributed by atoms with Gasteiger partial charge in [0.15, 0.2) is 0 Å². The summed E-state index contributed by atoms with van der Waals surface area (Å²) in [6.45, 7) is 4.05. The summed E-state index contributed by atoms with van der Waals surface area (Å²) < 4.78 is 5.73. The minimum Gasteiger partial charge on any atom is -0.377 e. The Morgan fingerprint density at radius 1 is 1.12 bits per heavy atom. The topological polar surface area (TPSA) is 41.6 Å². The first-order chi connectivity index (χ1) is 12.8. The largest absolute Gasteiger partial charge is 0.377 e. The molecule has 5 heteroatoms. The molecule has 4 nitrogen and oxygen atoms in total. The van der Waals surface area contributed by atoms with E-state index >= 15 is 0 Å². The van der Waals surface area contributed by atoms with Crippen molar-refractivity contribution in [3.63, 3.8) is 0 Å². The van der Waals surface area contributed by atoms with Crippen molar-refractivity contribution in [3.05, 3.63) is 46.7 Å². The molecule has 2 saturated heterocycles. The number of nitrogens with zero attached hydrogens (tertiary/aromatic N) is 1. The standard InChI is InChI=1S/C21H26N2O2S/c24-21(17-5-3-16(4-6-17)18-9-13-26-15-18)22-19-7-10-23(11-8-19)14-20-2-1-12-25-20/h3-6,9,13,15,19-20H,1-2,7-8,10-12,14H2,(H,22,24). The average Bonchev–Trinajstić information content (AvgIpc) is 3.37. The third-order valence-corrected chi connectivity index (χ3v) is 6.09. The molecule has 0 spiro atoms. The zero-order valence-corrected chi connectivity index (χ0v) is 15.8. The van der Waals surface area contributed by atoms with Gasteiger partial charge in [-0.05, 0) is 65.8 Å². The van der Waals surface area contributed by atoms with Crippen LogP contribution in [0.5, 0.6) is 0 Å². The zero-order valence-electron chi connectivity index (χ0n) is 15.0. The molecular weight excluding hydrogens is 344 g/mol. The minimum atomic E-state index is 0.0412. The highest BCUT2D eigenvalue weighted by Gasteiger charge is 2.24. The number of carbonyl (C=O) groups is 1. The van der Waals surface area contributed by atoms with Gasteiger partial charge in [-0.15, -0.1) is 0 Å². The zero-order chi connectivity index (χ0) is 17.8. The van der Waals surface area contributed by atoms with Gasteiger partial charge < -0.3 is 15.0 Å². The number of carbonyl (C=O) groups excluding carboxylic acids is 1. The summed E-state index contributed by atoms with van der Waals surface area (Å²) in [6, 6.07) is 10.3. The Morgan fingerprint density at radius 3 is 2.58 bits per heavy atom. The molecule has 0 aliphatic carbocycles. The quantitative estimate of drug-likeness (QED) is 0.871. The molecule has 0 bridgehead atoms. The number of hydrogen-bond acceptors (Lipinski definition) is 4. The monoisotopic (exact) mass is 370 g/mol. The normalized spacial score (nSPS) is 21.8. The van der Waals surface area contributed by atoms with Gasteiger partial charge in [0, 0.05) is 37.8 Å². The van der Waals surface area contributed by atoms with Crippen molar-refractivity contribution in [2.24, 2.45) is 0 Å². The van der Waals surface area contributed by atoms with Gasteiger partial charge in [-0.2, -0.15) is 11.3 Å². The fourth-order valence-electron chi connectivity index (χ4n) is 3.85. The molecule has 1 amide bonds. The Hall–Kier alpha value is -1.69. The number of thiophene rings is 1. The SMILES string of the molecule is O=C(NC1CCN(CC2CCCO2)CC1)c1ccc(-c2ccsc2)cc1. The van der Waals surface area contributed by atoms with Gasteiger partial charge in [0.05, 0.1) is 6.10 Å². The minimum absolute atomic E-state index is 0.0412. The molecule has 1 aromatic carbocycles. The predicted octanol–water partition coefficient (Wildman–Crippen LogP) is 3.79. The summed E-state index contributed by atoms with van der Waals surface area (Å²) >= 11 is 1.69. The Bertz CT molecular complexity index is 700. The van der Waals surface area contributed by atoms with Crippen molar-refractivity contribution in [1.29, 1.82) is 0 Å². The number of rotatable bonds is 5. The predicted molar refractivity (Wildman–Crippen MR) is 106 cm³/mol. The average molecular weight is 371 g/mol. The second-order valence-corrected chi connectivity index (χ2v) is 8.05. The fourth-order valence-corrected chi connectivity index (χ4v) is 4.51. The van der Waals surface area contributed by atoms with Crippen LogP contribution in [0.25, 0.3) is 11.1 Å². The molecule has 2 aliphatic rings. The lowest BCUT2D eigenvalue weighted by Gasteiger charge is -2.33. The Kier molecular flexibility index (Phi) is 5.68. The summed E-state index contributed by atoms with van der Waals surface area (Å²) in [6.07, 6.45) is 4.85. The van der Waals surface area contributed by atoms with E-state index in [-0.39, 0.29) is 11.9 Å². The molecular formula is C21H26N2O2S. The first-order valence-electron chi connectivity index (χ1n) is 9.55. The van der Waals surface area contributed by atoms with Crippen LogP contribution in [0.2, 0.25) is 0 Å². The molecule has 2 aliphatic heterocycles. The number of likely N-dealkylation sites (tertiary alicyclic amines) is 1.